The number of non-ortho nitro benzene ring substituents is 1. The Hall–Kier alpha value is -3.22. The Labute approximate surface area is 158 Å². The molecule has 27 heavy (non-hydrogen) atoms. The fourth-order valence-electron chi connectivity index (χ4n) is 2.27. The number of amides is 1. The van der Waals surface area contributed by atoms with Crippen LogP contribution in [0.5, 0.6) is 5.75 Å². The summed E-state index contributed by atoms with van der Waals surface area (Å²) in [6, 6.07) is 13.6. The second-order valence-corrected chi connectivity index (χ2v) is 7.12. The Morgan fingerprint density at radius 1 is 1.22 bits per heavy atom. The van der Waals surface area contributed by atoms with Crippen molar-refractivity contribution in [3.05, 3.63) is 69.8 Å². The average Bonchev–Trinajstić information content (AvgIpc) is 2.61. The Bertz CT molecular complexity index is 839. The van der Waals surface area contributed by atoms with Gasteiger partial charge in [0.2, 0.25) is 0 Å². The summed E-state index contributed by atoms with van der Waals surface area (Å²) in [4.78, 5) is 22.3. The van der Waals surface area contributed by atoms with Crippen LogP contribution in [-0.4, -0.2) is 23.1 Å². The van der Waals surface area contributed by atoms with Crippen LogP contribution in [0.2, 0.25) is 0 Å². The van der Waals surface area contributed by atoms with E-state index in [9.17, 15) is 14.9 Å². The largest absolute Gasteiger partial charge is 0.481 e. The normalized spacial score (nSPS) is 12.6. The number of nitro benzene ring substituents is 1. The van der Waals surface area contributed by atoms with Gasteiger partial charge in [-0.1, -0.05) is 45.0 Å². The molecule has 1 N–H and O–H groups in total. The zero-order valence-corrected chi connectivity index (χ0v) is 15.8. The van der Waals surface area contributed by atoms with Crippen molar-refractivity contribution in [2.24, 2.45) is 5.10 Å². The van der Waals surface area contributed by atoms with E-state index in [1.807, 2.05) is 24.3 Å². The van der Waals surface area contributed by atoms with Gasteiger partial charge in [0.1, 0.15) is 5.75 Å². The van der Waals surface area contributed by atoms with E-state index in [0.29, 0.717) is 11.3 Å². The van der Waals surface area contributed by atoms with Crippen LogP contribution in [0.15, 0.2) is 53.6 Å². The minimum atomic E-state index is -0.743. The highest BCUT2D eigenvalue weighted by molar-refractivity contribution is 5.84. The van der Waals surface area contributed by atoms with Gasteiger partial charge in [-0.05, 0) is 30.0 Å². The predicted molar refractivity (Wildman–Crippen MR) is 104 cm³/mol. The third-order valence-electron chi connectivity index (χ3n) is 3.87. The molecule has 0 bridgehead atoms. The third-order valence-corrected chi connectivity index (χ3v) is 3.87. The number of nitrogens with zero attached hydrogens (tertiary/aromatic N) is 2. The maximum Gasteiger partial charge on any atom is 0.280 e. The molecular weight excluding hydrogens is 346 g/mol. The standard InChI is InChI=1S/C20H23N3O4/c1-14(27-18-10-8-16(9-11-18)20(2,3)4)19(24)22-21-13-15-6-5-7-17(12-15)23(25)26/h5-14H,1-4H3,(H,22,24)/b21-13+. The molecule has 0 saturated heterocycles. The van der Waals surface area contributed by atoms with Crippen molar-refractivity contribution in [1.82, 2.24) is 5.43 Å². The van der Waals surface area contributed by atoms with Gasteiger partial charge in [0.15, 0.2) is 6.10 Å². The van der Waals surface area contributed by atoms with E-state index >= 15 is 0 Å². The van der Waals surface area contributed by atoms with Crippen LogP contribution in [0.1, 0.15) is 38.8 Å². The molecule has 0 fully saturated rings. The molecule has 1 amide bonds. The molecule has 2 aromatic rings. The number of hydrogen-bond donors (Lipinski definition) is 1. The Morgan fingerprint density at radius 2 is 1.89 bits per heavy atom. The molecule has 0 saturated carbocycles. The molecule has 0 aliphatic carbocycles. The van der Waals surface area contributed by atoms with Crippen molar-refractivity contribution in [1.29, 1.82) is 0 Å². The quantitative estimate of drug-likeness (QED) is 0.476. The van der Waals surface area contributed by atoms with E-state index < -0.39 is 16.9 Å². The number of benzene rings is 2. The van der Waals surface area contributed by atoms with Gasteiger partial charge in [-0.15, -0.1) is 0 Å². The van der Waals surface area contributed by atoms with Crippen LogP contribution in [0.25, 0.3) is 0 Å². The first-order chi connectivity index (χ1) is 12.7. The lowest BCUT2D eigenvalue weighted by Crippen LogP contribution is -2.33. The number of hydrazone groups is 1. The molecular formula is C20H23N3O4. The summed E-state index contributed by atoms with van der Waals surface area (Å²) in [5.74, 6) is 0.171. The monoisotopic (exact) mass is 369 g/mol. The molecule has 0 spiro atoms. The van der Waals surface area contributed by atoms with Crippen LogP contribution in [0.3, 0.4) is 0 Å². The van der Waals surface area contributed by atoms with E-state index in [4.69, 9.17) is 4.74 Å². The first-order valence-corrected chi connectivity index (χ1v) is 8.51. The maximum absolute atomic E-state index is 12.1. The van der Waals surface area contributed by atoms with Crippen LogP contribution in [0.4, 0.5) is 5.69 Å². The zero-order valence-electron chi connectivity index (χ0n) is 15.8. The molecule has 1 atom stereocenters. The van der Waals surface area contributed by atoms with Gasteiger partial charge < -0.3 is 4.74 Å². The number of carbonyl (C=O) groups is 1. The summed E-state index contributed by atoms with van der Waals surface area (Å²) in [5, 5.41) is 14.6. The second-order valence-electron chi connectivity index (χ2n) is 7.12. The summed E-state index contributed by atoms with van der Waals surface area (Å²) in [7, 11) is 0. The number of carbonyl (C=O) groups excluding carboxylic acids is 1. The first kappa shape index (κ1) is 20.1. The fraction of sp³-hybridized carbons (Fsp3) is 0.300. The summed E-state index contributed by atoms with van der Waals surface area (Å²) in [6.07, 6.45) is 0.600. The fourth-order valence-corrected chi connectivity index (χ4v) is 2.27. The average molecular weight is 369 g/mol. The summed E-state index contributed by atoms with van der Waals surface area (Å²) < 4.78 is 5.62. The molecule has 0 aromatic heterocycles. The van der Waals surface area contributed by atoms with Crippen molar-refractivity contribution in [3.8, 4) is 5.75 Å². The lowest BCUT2D eigenvalue weighted by molar-refractivity contribution is -0.384. The lowest BCUT2D eigenvalue weighted by Gasteiger charge is -2.19. The van der Waals surface area contributed by atoms with Gasteiger partial charge in [-0.2, -0.15) is 5.10 Å². The molecule has 142 valence electrons. The summed E-state index contributed by atoms with van der Waals surface area (Å²) >= 11 is 0. The minimum absolute atomic E-state index is 0.0410. The Morgan fingerprint density at radius 3 is 2.48 bits per heavy atom. The number of rotatable bonds is 6. The summed E-state index contributed by atoms with van der Waals surface area (Å²) in [5.41, 5.74) is 4.06. The molecule has 0 aliphatic heterocycles. The smallest absolute Gasteiger partial charge is 0.280 e. The highest BCUT2D eigenvalue weighted by Crippen LogP contribution is 2.24. The van der Waals surface area contributed by atoms with E-state index in [2.05, 4.69) is 31.3 Å². The van der Waals surface area contributed by atoms with Gasteiger partial charge in [-0.25, -0.2) is 5.43 Å². The molecule has 2 aromatic carbocycles. The van der Waals surface area contributed by atoms with Crippen LogP contribution in [-0.2, 0) is 10.2 Å². The van der Waals surface area contributed by atoms with E-state index in [1.54, 1.807) is 19.1 Å². The topological polar surface area (TPSA) is 93.8 Å². The van der Waals surface area contributed by atoms with E-state index in [1.165, 1.54) is 23.9 Å². The van der Waals surface area contributed by atoms with Crippen LogP contribution >= 0.6 is 0 Å². The highest BCUT2D eigenvalue weighted by Gasteiger charge is 2.16. The molecule has 2 rings (SSSR count). The van der Waals surface area contributed by atoms with Crippen LogP contribution < -0.4 is 10.2 Å². The van der Waals surface area contributed by atoms with Crippen molar-refractivity contribution >= 4 is 17.8 Å². The van der Waals surface area contributed by atoms with E-state index in [0.717, 1.165) is 0 Å². The second kappa shape index (κ2) is 8.44. The van der Waals surface area contributed by atoms with Gasteiger partial charge >= 0.3 is 0 Å². The number of nitro groups is 1. The molecule has 1 unspecified atom stereocenters. The summed E-state index contributed by atoms with van der Waals surface area (Å²) in [6.45, 7) is 7.99. The van der Waals surface area contributed by atoms with Crippen LogP contribution in [0, 0.1) is 10.1 Å². The van der Waals surface area contributed by atoms with Crippen molar-refractivity contribution in [2.45, 2.75) is 39.2 Å². The Balaban J connectivity index is 1.92. The molecule has 0 radical (unpaired) electrons. The predicted octanol–water partition coefficient (Wildman–Crippen LogP) is 3.81. The molecule has 7 nitrogen and oxygen atoms in total. The number of ether oxygens (including phenoxy) is 1. The van der Waals surface area contributed by atoms with Gasteiger partial charge in [-0.3, -0.25) is 14.9 Å². The third kappa shape index (κ3) is 5.91. The van der Waals surface area contributed by atoms with Crippen molar-refractivity contribution in [3.63, 3.8) is 0 Å². The van der Waals surface area contributed by atoms with E-state index in [-0.39, 0.29) is 11.1 Å². The highest BCUT2D eigenvalue weighted by atomic mass is 16.6. The first-order valence-electron chi connectivity index (χ1n) is 8.51. The molecule has 0 heterocycles. The molecule has 0 aliphatic rings. The number of hydrogen-bond acceptors (Lipinski definition) is 5. The maximum atomic E-state index is 12.1. The van der Waals surface area contributed by atoms with Crippen molar-refractivity contribution < 1.29 is 14.5 Å². The minimum Gasteiger partial charge on any atom is -0.481 e. The molecule has 7 heteroatoms. The Kier molecular flexibility index (Phi) is 6.28. The SMILES string of the molecule is CC(Oc1ccc(C(C)(C)C)cc1)C(=O)N/N=C/c1cccc([N+](=O)[O-])c1. The van der Waals surface area contributed by atoms with Gasteiger partial charge in [0.25, 0.3) is 11.6 Å². The zero-order chi connectivity index (χ0) is 20.0. The van der Waals surface area contributed by atoms with Crippen molar-refractivity contribution in [2.75, 3.05) is 0 Å². The van der Waals surface area contributed by atoms with Gasteiger partial charge in [0.05, 0.1) is 11.1 Å². The number of nitrogens with one attached hydrogen (secondary N) is 1. The van der Waals surface area contributed by atoms with Gasteiger partial charge in [0, 0.05) is 17.7 Å². The lowest BCUT2D eigenvalue weighted by atomic mass is 9.87.